The van der Waals surface area contributed by atoms with Crippen LogP contribution in [0.25, 0.3) is 10.2 Å². The minimum absolute atomic E-state index is 0.105. The molecule has 0 radical (unpaired) electrons. The molecule has 0 bridgehead atoms. The number of methoxy groups -OCH3 is 1. The Kier molecular flexibility index (Phi) is 8.69. The van der Waals surface area contributed by atoms with Crippen LogP contribution >= 0.6 is 23.1 Å². The molecule has 1 aromatic heterocycles. The molecule has 1 atom stereocenters. The first-order valence-electron chi connectivity index (χ1n) is 10.8. The van der Waals surface area contributed by atoms with Crippen molar-refractivity contribution in [1.82, 2.24) is 9.47 Å². The average Bonchev–Trinajstić information content (AvgIpc) is 3.14. The molecule has 0 spiro atoms. The van der Waals surface area contributed by atoms with Crippen LogP contribution in [0.5, 0.6) is 0 Å². The number of thiazole rings is 1. The van der Waals surface area contributed by atoms with Gasteiger partial charge in [-0.05, 0) is 43.9 Å². The number of thioether (sulfide) groups is 1. The molecule has 0 aliphatic carbocycles. The Balaban J connectivity index is 1.71. The average molecular weight is 476 g/mol. The van der Waals surface area contributed by atoms with Gasteiger partial charge in [0.2, 0.25) is 5.91 Å². The van der Waals surface area contributed by atoms with E-state index in [0.29, 0.717) is 28.7 Å². The number of benzene rings is 1. The van der Waals surface area contributed by atoms with Crippen molar-refractivity contribution < 1.29 is 19.1 Å². The summed E-state index contributed by atoms with van der Waals surface area (Å²) < 4.78 is 7.51. The van der Waals surface area contributed by atoms with E-state index in [2.05, 4.69) is 18.5 Å². The zero-order valence-electron chi connectivity index (χ0n) is 18.5. The third-order valence-electron chi connectivity index (χ3n) is 5.51. The highest BCUT2D eigenvalue weighted by molar-refractivity contribution is 8.00. The summed E-state index contributed by atoms with van der Waals surface area (Å²) in [7, 11) is 1.34. The van der Waals surface area contributed by atoms with Gasteiger partial charge in [0, 0.05) is 19.1 Å². The van der Waals surface area contributed by atoms with E-state index in [1.165, 1.54) is 36.6 Å². The number of aromatic nitrogens is 1. The Morgan fingerprint density at radius 2 is 2.12 bits per heavy atom. The summed E-state index contributed by atoms with van der Waals surface area (Å²) in [5.41, 5.74) is 1.31. The van der Waals surface area contributed by atoms with Crippen LogP contribution in [0.2, 0.25) is 0 Å². The summed E-state index contributed by atoms with van der Waals surface area (Å²) in [4.78, 5) is 43.7. The monoisotopic (exact) mass is 475 g/mol. The van der Waals surface area contributed by atoms with Crippen molar-refractivity contribution in [2.45, 2.75) is 45.2 Å². The number of rotatable bonds is 8. The van der Waals surface area contributed by atoms with Gasteiger partial charge in [0.25, 0.3) is 5.91 Å². The van der Waals surface area contributed by atoms with Crippen molar-refractivity contribution in [3.8, 4) is 0 Å². The number of fused-ring (bicyclic) bond motifs is 1. The van der Waals surface area contributed by atoms with Crippen LogP contribution in [0.15, 0.2) is 35.8 Å². The molecular formula is C23H29N3O4S2. The molecule has 1 aliphatic heterocycles. The Bertz CT molecular complexity index is 1070. The Hall–Kier alpha value is -2.39. The lowest BCUT2D eigenvalue weighted by Gasteiger charge is -2.35. The summed E-state index contributed by atoms with van der Waals surface area (Å²) in [5.74, 6) is -0.157. The molecule has 1 saturated heterocycles. The maximum atomic E-state index is 12.6. The van der Waals surface area contributed by atoms with Gasteiger partial charge in [-0.3, -0.25) is 9.59 Å². The molecule has 32 heavy (non-hydrogen) atoms. The fourth-order valence-corrected chi connectivity index (χ4v) is 5.69. The fourth-order valence-electron chi connectivity index (χ4n) is 3.91. The third kappa shape index (κ3) is 5.69. The highest BCUT2D eigenvalue weighted by Crippen LogP contribution is 2.21. The topological polar surface area (TPSA) is 81.0 Å². The Morgan fingerprint density at radius 3 is 2.84 bits per heavy atom. The minimum atomic E-state index is -0.412. The summed E-state index contributed by atoms with van der Waals surface area (Å²) in [6.45, 7) is 7.20. The molecule has 172 valence electrons. The maximum absolute atomic E-state index is 12.6. The summed E-state index contributed by atoms with van der Waals surface area (Å²) >= 11 is 2.65. The zero-order chi connectivity index (χ0) is 23.1. The second kappa shape index (κ2) is 11.5. The van der Waals surface area contributed by atoms with Crippen molar-refractivity contribution in [2.75, 3.05) is 25.2 Å². The quantitative estimate of drug-likeness (QED) is 0.430. The van der Waals surface area contributed by atoms with Crippen LogP contribution in [-0.4, -0.2) is 58.5 Å². The van der Waals surface area contributed by atoms with E-state index in [1.807, 2.05) is 15.5 Å². The number of hydrogen-bond acceptors (Lipinski definition) is 6. The van der Waals surface area contributed by atoms with Gasteiger partial charge < -0.3 is 14.2 Å². The lowest BCUT2D eigenvalue weighted by Crippen LogP contribution is -2.44. The molecule has 1 unspecified atom stereocenters. The van der Waals surface area contributed by atoms with Crippen LogP contribution in [0.1, 0.15) is 43.0 Å². The molecule has 2 amide bonds. The second-order valence-electron chi connectivity index (χ2n) is 7.60. The molecule has 2 heterocycles. The zero-order valence-corrected chi connectivity index (χ0v) is 20.2. The number of hydrogen-bond donors (Lipinski definition) is 0. The smallest absolute Gasteiger partial charge is 0.337 e. The van der Waals surface area contributed by atoms with E-state index in [9.17, 15) is 14.4 Å². The number of likely N-dealkylation sites (tertiary alicyclic amines) is 1. The number of nitrogens with zero attached hydrogens (tertiary/aromatic N) is 3. The van der Waals surface area contributed by atoms with E-state index in [0.717, 1.165) is 36.0 Å². The molecule has 1 fully saturated rings. The van der Waals surface area contributed by atoms with E-state index >= 15 is 0 Å². The molecule has 0 saturated carbocycles. The molecule has 7 nitrogen and oxygen atoms in total. The van der Waals surface area contributed by atoms with Gasteiger partial charge >= 0.3 is 5.97 Å². The van der Waals surface area contributed by atoms with Crippen molar-refractivity contribution in [2.24, 2.45) is 4.99 Å². The largest absolute Gasteiger partial charge is 0.465 e. The minimum Gasteiger partial charge on any atom is -0.465 e. The Labute approximate surface area is 196 Å². The van der Waals surface area contributed by atoms with Crippen molar-refractivity contribution in [3.05, 3.63) is 41.2 Å². The second-order valence-corrected chi connectivity index (χ2v) is 9.60. The number of esters is 1. The van der Waals surface area contributed by atoms with Crippen molar-refractivity contribution >= 4 is 51.1 Å². The Morgan fingerprint density at radius 1 is 1.31 bits per heavy atom. The van der Waals surface area contributed by atoms with Crippen LogP contribution < -0.4 is 4.80 Å². The summed E-state index contributed by atoms with van der Waals surface area (Å²) in [6.07, 6.45) is 5.99. The predicted octanol–water partition coefficient (Wildman–Crippen LogP) is 3.63. The molecule has 1 aliphatic rings. The molecule has 9 heteroatoms. The highest BCUT2D eigenvalue weighted by atomic mass is 32.2. The number of allylic oxidation sites excluding steroid dienone is 1. The molecule has 0 N–H and O–H groups in total. The standard InChI is InChI=1S/C23H29N3O4S2/c1-4-11-26-18-10-9-16(22(29)30-3)13-19(18)32-23(26)24-20(27)14-31-15-21(28)25-12-7-6-8-17(25)5-2/h4,9-10,13,17H,1,5-8,11-12,14-15H2,2-3H3. The first kappa shape index (κ1) is 24.3. The summed E-state index contributed by atoms with van der Waals surface area (Å²) in [6, 6.07) is 5.58. The molecule has 2 aromatic rings. The van der Waals surface area contributed by atoms with Crippen LogP contribution in [0.3, 0.4) is 0 Å². The fraction of sp³-hybridized carbons (Fsp3) is 0.478. The number of amides is 2. The van der Waals surface area contributed by atoms with Crippen LogP contribution in [-0.2, 0) is 20.9 Å². The highest BCUT2D eigenvalue weighted by Gasteiger charge is 2.25. The lowest BCUT2D eigenvalue weighted by molar-refractivity contribution is -0.132. The number of carbonyl (C=O) groups is 3. The van der Waals surface area contributed by atoms with Crippen LogP contribution in [0, 0.1) is 0 Å². The summed E-state index contributed by atoms with van der Waals surface area (Å²) in [5, 5.41) is 0. The molecule has 1 aromatic carbocycles. The molecule has 3 rings (SSSR count). The third-order valence-corrected chi connectivity index (χ3v) is 7.45. The normalized spacial score (nSPS) is 16.9. The van der Waals surface area contributed by atoms with E-state index in [4.69, 9.17) is 4.74 Å². The van der Waals surface area contributed by atoms with Gasteiger partial charge in [-0.1, -0.05) is 24.3 Å². The maximum Gasteiger partial charge on any atom is 0.337 e. The number of carbonyl (C=O) groups excluding carboxylic acids is 3. The van der Waals surface area contributed by atoms with E-state index in [1.54, 1.807) is 18.2 Å². The molecular weight excluding hydrogens is 446 g/mol. The van der Waals surface area contributed by atoms with Gasteiger partial charge in [0.1, 0.15) is 0 Å². The lowest BCUT2D eigenvalue weighted by atomic mass is 10.0. The first-order valence-corrected chi connectivity index (χ1v) is 12.7. The first-order chi connectivity index (χ1) is 15.5. The van der Waals surface area contributed by atoms with Crippen molar-refractivity contribution in [3.63, 3.8) is 0 Å². The van der Waals surface area contributed by atoms with E-state index in [-0.39, 0.29) is 17.6 Å². The van der Waals surface area contributed by atoms with Gasteiger partial charge in [0.05, 0.1) is 34.4 Å². The SMILES string of the molecule is C=CCn1c(=NC(=O)CSCC(=O)N2CCCCC2CC)sc2cc(C(=O)OC)ccc21. The predicted molar refractivity (Wildman–Crippen MR) is 129 cm³/mol. The van der Waals surface area contributed by atoms with Gasteiger partial charge in [-0.2, -0.15) is 4.99 Å². The number of piperidine rings is 1. The number of ether oxygens (including phenoxy) is 1. The van der Waals surface area contributed by atoms with Crippen molar-refractivity contribution in [1.29, 1.82) is 0 Å². The van der Waals surface area contributed by atoms with Gasteiger partial charge in [-0.15, -0.1) is 18.3 Å². The van der Waals surface area contributed by atoms with Gasteiger partial charge in [-0.25, -0.2) is 4.79 Å². The van der Waals surface area contributed by atoms with Gasteiger partial charge in [0.15, 0.2) is 4.80 Å². The van der Waals surface area contributed by atoms with E-state index < -0.39 is 5.97 Å². The van der Waals surface area contributed by atoms with Crippen LogP contribution in [0.4, 0.5) is 0 Å².